The van der Waals surface area contributed by atoms with E-state index in [9.17, 15) is 13.2 Å². The van der Waals surface area contributed by atoms with Crippen LogP contribution in [0.4, 0.5) is 0 Å². The van der Waals surface area contributed by atoms with Crippen LogP contribution in [0.2, 0.25) is 0 Å². The van der Waals surface area contributed by atoms with Gasteiger partial charge in [-0.15, -0.1) is 0 Å². The van der Waals surface area contributed by atoms with E-state index < -0.39 is 10.0 Å². The molecule has 1 aromatic carbocycles. The average molecular weight is 420 g/mol. The quantitative estimate of drug-likeness (QED) is 0.779. The van der Waals surface area contributed by atoms with Crippen molar-refractivity contribution in [1.29, 1.82) is 0 Å². The summed E-state index contributed by atoms with van der Waals surface area (Å²) >= 11 is 0. The molecule has 1 heterocycles. The second kappa shape index (κ2) is 12.3. The Kier molecular flexibility index (Phi) is 10.9. The van der Waals surface area contributed by atoms with Crippen LogP contribution in [0.3, 0.4) is 0 Å². The minimum atomic E-state index is -3.40. The maximum Gasteiger partial charge on any atom is 0.243 e. The van der Waals surface area contributed by atoms with Crippen LogP contribution >= 0.6 is 0 Å². The molecule has 1 aliphatic heterocycles. The molecule has 2 aliphatic rings. The van der Waals surface area contributed by atoms with Crippen LogP contribution in [-0.4, -0.2) is 38.3 Å². The Hall–Kier alpha value is -1.40. The molecule has 2 fully saturated rings. The van der Waals surface area contributed by atoms with Gasteiger partial charge in [-0.25, -0.2) is 8.42 Å². The van der Waals surface area contributed by atoms with Gasteiger partial charge in [-0.05, 0) is 43.7 Å². The molecule has 1 saturated carbocycles. The Bertz CT molecular complexity index is 690. The molecule has 0 atom stereocenters. The molecule has 1 N–H and O–H groups in total. The van der Waals surface area contributed by atoms with Crippen LogP contribution in [0, 0.1) is 26.7 Å². The lowest BCUT2D eigenvalue weighted by atomic mass is 9.90. The van der Waals surface area contributed by atoms with Gasteiger partial charge in [0, 0.05) is 19.6 Å². The van der Waals surface area contributed by atoms with Crippen LogP contribution in [0.15, 0.2) is 35.2 Å². The number of nitrogens with one attached hydrogen (secondary N) is 1. The van der Waals surface area contributed by atoms with E-state index in [0.717, 1.165) is 44.4 Å². The second-order valence-electron chi connectivity index (χ2n) is 7.74. The maximum atomic E-state index is 12.7. The van der Waals surface area contributed by atoms with E-state index in [1.165, 1.54) is 19.3 Å². The Morgan fingerprint density at radius 2 is 1.48 bits per heavy atom. The number of carbonyl (C=O) groups is 1. The topological polar surface area (TPSA) is 66.5 Å². The van der Waals surface area contributed by atoms with E-state index in [-0.39, 0.29) is 20.8 Å². The molecule has 0 bridgehead atoms. The normalized spacial score (nSPS) is 19.9. The zero-order chi connectivity index (χ0) is 19.1. The highest BCUT2D eigenvalue weighted by Gasteiger charge is 2.29. The summed E-state index contributed by atoms with van der Waals surface area (Å²) < 4.78 is 26.9. The molecule has 1 aromatic rings. The lowest BCUT2D eigenvalue weighted by Gasteiger charge is -2.31. The molecular weight excluding hydrogens is 384 g/mol. The highest BCUT2D eigenvalue weighted by molar-refractivity contribution is 7.89. The van der Waals surface area contributed by atoms with Crippen LogP contribution in [0.5, 0.6) is 0 Å². The van der Waals surface area contributed by atoms with E-state index in [2.05, 4.69) is 5.32 Å². The first-order valence-corrected chi connectivity index (χ1v) is 11.7. The van der Waals surface area contributed by atoms with Gasteiger partial charge in [0.1, 0.15) is 0 Å². The summed E-state index contributed by atoms with van der Waals surface area (Å²) in [6.45, 7) is 1.70. The Labute approximate surface area is 178 Å². The first-order chi connectivity index (χ1) is 13.1. The van der Waals surface area contributed by atoms with Crippen molar-refractivity contribution >= 4 is 15.9 Å². The summed E-state index contributed by atoms with van der Waals surface area (Å²) in [5.41, 5.74) is 0. The molecule has 5 nitrogen and oxygen atoms in total. The van der Waals surface area contributed by atoms with E-state index in [1.807, 2.05) is 6.07 Å². The van der Waals surface area contributed by atoms with Gasteiger partial charge >= 0.3 is 0 Å². The number of benzene rings is 1. The zero-order valence-corrected chi connectivity index (χ0v) is 18.3. The van der Waals surface area contributed by atoms with E-state index in [0.29, 0.717) is 30.4 Å². The van der Waals surface area contributed by atoms with E-state index in [1.54, 1.807) is 28.6 Å². The van der Waals surface area contributed by atoms with Crippen molar-refractivity contribution in [3.8, 4) is 0 Å². The van der Waals surface area contributed by atoms with Crippen molar-refractivity contribution in [3.63, 3.8) is 0 Å². The largest absolute Gasteiger partial charge is 0.355 e. The number of nitrogens with zero attached hydrogens (tertiary/aromatic N) is 1. The van der Waals surface area contributed by atoms with Gasteiger partial charge in [-0.1, -0.05) is 65.2 Å². The number of piperidine rings is 1. The summed E-state index contributed by atoms with van der Waals surface area (Å²) in [7, 11) is -3.40. The summed E-state index contributed by atoms with van der Waals surface area (Å²) in [4.78, 5) is 12.8. The van der Waals surface area contributed by atoms with Crippen molar-refractivity contribution in [2.24, 2.45) is 5.92 Å². The minimum absolute atomic E-state index is 0. The fraction of sp³-hybridized carbons (Fsp3) is 0.565. The van der Waals surface area contributed by atoms with Gasteiger partial charge in [0.15, 0.2) is 0 Å². The van der Waals surface area contributed by atoms with Gasteiger partial charge in [0.2, 0.25) is 15.9 Å². The average Bonchev–Trinajstić information content (AvgIpc) is 2.67. The summed E-state index contributed by atoms with van der Waals surface area (Å²) in [5, 5.41) is 3.11. The Morgan fingerprint density at radius 3 is 2.07 bits per heavy atom. The number of rotatable bonds is 5. The third-order valence-electron chi connectivity index (χ3n) is 5.78. The highest BCUT2D eigenvalue weighted by Crippen LogP contribution is 2.25. The van der Waals surface area contributed by atoms with Crippen molar-refractivity contribution in [3.05, 3.63) is 51.1 Å². The lowest BCUT2D eigenvalue weighted by molar-refractivity contribution is -0.120. The Balaban J connectivity index is 0.00000210. The SMILES string of the molecule is O=C(NCC1CCN(S(=O)(=O)c2ccccc2)CC1)[C]1CCCCCCC1.[CH2].[CH2]. The van der Waals surface area contributed by atoms with Crippen molar-refractivity contribution in [2.75, 3.05) is 19.6 Å². The molecule has 6 heteroatoms. The standard InChI is InChI=1S/C21H31N2O3S.2CH2/c24-21(19-9-5-2-1-3-6-10-19)22-17-18-13-15-23(16-14-18)27(25,26)20-11-7-4-8-12-20;;/h4,7-8,11-12,18H,1-3,5-6,9-10,13-17H2,(H,22,24);2*1H2. The molecule has 3 rings (SSSR count). The molecular formula is C23H35N2O3S. The van der Waals surface area contributed by atoms with Gasteiger partial charge < -0.3 is 5.32 Å². The monoisotopic (exact) mass is 419 g/mol. The van der Waals surface area contributed by atoms with Crippen LogP contribution in [-0.2, 0) is 14.8 Å². The van der Waals surface area contributed by atoms with Crippen molar-refractivity contribution in [1.82, 2.24) is 9.62 Å². The van der Waals surface area contributed by atoms with Gasteiger partial charge in [0.05, 0.1) is 10.8 Å². The first kappa shape index (κ1) is 25.6. The number of carbonyl (C=O) groups excluding carboxylic acids is 1. The summed E-state index contributed by atoms with van der Waals surface area (Å²) in [6.07, 6.45) is 9.44. The van der Waals surface area contributed by atoms with Crippen LogP contribution in [0.25, 0.3) is 0 Å². The molecule has 161 valence electrons. The molecule has 1 aliphatic carbocycles. The minimum Gasteiger partial charge on any atom is -0.355 e. The molecule has 5 radical (unpaired) electrons. The van der Waals surface area contributed by atoms with Crippen LogP contribution < -0.4 is 5.32 Å². The van der Waals surface area contributed by atoms with Gasteiger partial charge in [-0.3, -0.25) is 4.79 Å². The third kappa shape index (κ3) is 7.10. The third-order valence-corrected chi connectivity index (χ3v) is 7.70. The number of hydrogen-bond donors (Lipinski definition) is 1. The lowest BCUT2D eigenvalue weighted by Crippen LogP contribution is -2.42. The summed E-state index contributed by atoms with van der Waals surface area (Å²) in [5.74, 6) is 1.53. The number of hydrogen-bond acceptors (Lipinski definition) is 3. The molecule has 0 unspecified atom stereocenters. The van der Waals surface area contributed by atoms with Crippen molar-refractivity contribution in [2.45, 2.75) is 62.7 Å². The molecule has 1 amide bonds. The summed E-state index contributed by atoms with van der Waals surface area (Å²) in [6, 6.07) is 8.62. The predicted octanol–water partition coefficient (Wildman–Crippen LogP) is 4.18. The molecule has 0 spiro atoms. The predicted molar refractivity (Wildman–Crippen MR) is 117 cm³/mol. The first-order valence-electron chi connectivity index (χ1n) is 10.3. The fourth-order valence-electron chi connectivity index (χ4n) is 4.02. The van der Waals surface area contributed by atoms with Gasteiger partial charge in [0.25, 0.3) is 0 Å². The maximum absolute atomic E-state index is 12.7. The van der Waals surface area contributed by atoms with Gasteiger partial charge in [-0.2, -0.15) is 4.31 Å². The molecule has 0 aromatic heterocycles. The molecule has 29 heavy (non-hydrogen) atoms. The Morgan fingerprint density at radius 1 is 0.931 bits per heavy atom. The van der Waals surface area contributed by atoms with Crippen LogP contribution in [0.1, 0.15) is 57.8 Å². The van der Waals surface area contributed by atoms with E-state index >= 15 is 0 Å². The molecule has 1 saturated heterocycles. The smallest absolute Gasteiger partial charge is 0.243 e. The zero-order valence-electron chi connectivity index (χ0n) is 17.4. The fourth-order valence-corrected chi connectivity index (χ4v) is 5.51. The number of sulfonamides is 1. The second-order valence-corrected chi connectivity index (χ2v) is 9.68. The van der Waals surface area contributed by atoms with E-state index in [4.69, 9.17) is 0 Å². The van der Waals surface area contributed by atoms with Crippen molar-refractivity contribution < 1.29 is 13.2 Å². The number of amides is 1. The highest BCUT2D eigenvalue weighted by atomic mass is 32.2.